The van der Waals surface area contributed by atoms with Crippen molar-refractivity contribution >= 4 is 17.4 Å². The molecule has 0 aliphatic rings. The Morgan fingerprint density at radius 3 is 2.05 bits per heavy atom. The first-order valence-corrected chi connectivity index (χ1v) is 7.34. The molecule has 1 atom stereocenters. The molecule has 5 heteroatoms. The molecule has 0 fully saturated rings. The number of anilines is 1. The van der Waals surface area contributed by atoms with Gasteiger partial charge in [0.15, 0.2) is 0 Å². The van der Waals surface area contributed by atoms with Gasteiger partial charge in [0, 0.05) is 16.6 Å². The Morgan fingerprint density at radius 1 is 0.952 bits per heavy atom. The van der Waals surface area contributed by atoms with Gasteiger partial charge in [-0.3, -0.25) is 0 Å². The second kappa shape index (κ2) is 6.43. The zero-order valence-corrected chi connectivity index (χ0v) is 12.6. The van der Waals surface area contributed by atoms with E-state index in [0.29, 0.717) is 0 Å². The number of nitrogens with one attached hydrogen (secondary N) is 1. The molecule has 1 N–H and O–H groups in total. The van der Waals surface area contributed by atoms with Gasteiger partial charge < -0.3 is 5.32 Å². The third-order valence-electron chi connectivity index (χ3n) is 3.05. The van der Waals surface area contributed by atoms with Crippen LogP contribution in [0.3, 0.4) is 0 Å². The van der Waals surface area contributed by atoms with Gasteiger partial charge in [-0.2, -0.15) is 13.2 Å². The molecule has 0 heterocycles. The Bertz CT molecular complexity index is 576. The second-order valence-corrected chi connectivity index (χ2v) is 5.99. The molecule has 0 spiro atoms. The van der Waals surface area contributed by atoms with Crippen molar-refractivity contribution < 1.29 is 13.2 Å². The highest BCUT2D eigenvalue weighted by molar-refractivity contribution is 8.00. The Balaban J connectivity index is 2.01. The van der Waals surface area contributed by atoms with Crippen LogP contribution in [0.15, 0.2) is 53.4 Å². The minimum absolute atomic E-state index is 0.0896. The van der Waals surface area contributed by atoms with Gasteiger partial charge in [-0.05, 0) is 55.4 Å². The van der Waals surface area contributed by atoms with E-state index in [1.165, 1.54) is 17.7 Å². The second-order valence-electron chi connectivity index (χ2n) is 4.85. The number of hydrogen-bond donors (Lipinski definition) is 1. The van der Waals surface area contributed by atoms with Crippen LogP contribution in [-0.4, -0.2) is 5.51 Å². The van der Waals surface area contributed by atoms with Gasteiger partial charge >= 0.3 is 5.51 Å². The Morgan fingerprint density at radius 2 is 1.52 bits per heavy atom. The van der Waals surface area contributed by atoms with E-state index >= 15 is 0 Å². The summed E-state index contributed by atoms with van der Waals surface area (Å²) < 4.78 is 36.8. The fourth-order valence-corrected chi connectivity index (χ4v) is 2.48. The fraction of sp³-hybridized carbons (Fsp3) is 0.250. The number of rotatable bonds is 4. The molecule has 21 heavy (non-hydrogen) atoms. The molecule has 2 rings (SSSR count). The monoisotopic (exact) mass is 311 g/mol. The maximum Gasteiger partial charge on any atom is 0.446 e. The van der Waals surface area contributed by atoms with E-state index in [1.807, 2.05) is 38.1 Å². The van der Waals surface area contributed by atoms with Crippen LogP contribution < -0.4 is 5.32 Å². The van der Waals surface area contributed by atoms with Gasteiger partial charge in [-0.25, -0.2) is 0 Å². The van der Waals surface area contributed by atoms with Crippen molar-refractivity contribution in [3.05, 3.63) is 59.7 Å². The van der Waals surface area contributed by atoms with Crippen LogP contribution in [0.1, 0.15) is 24.1 Å². The quantitative estimate of drug-likeness (QED) is 0.718. The molecule has 0 radical (unpaired) electrons. The first-order valence-electron chi connectivity index (χ1n) is 6.52. The zero-order chi connectivity index (χ0) is 15.5. The molecule has 0 aliphatic heterocycles. The van der Waals surface area contributed by atoms with Crippen LogP contribution in [0.4, 0.5) is 18.9 Å². The standard InChI is InChI=1S/C16H16F3NS/c1-11-3-5-13(6-4-11)12(2)20-14-7-9-15(10-8-14)21-16(17,18)19/h3-10,12,20H,1-2H3. The first kappa shape index (κ1) is 15.8. The lowest BCUT2D eigenvalue weighted by Gasteiger charge is -2.16. The largest absolute Gasteiger partial charge is 0.446 e. The lowest BCUT2D eigenvalue weighted by Crippen LogP contribution is -2.06. The van der Waals surface area contributed by atoms with Crippen LogP contribution in [0.25, 0.3) is 0 Å². The Kier molecular flexibility index (Phi) is 4.83. The first-order chi connectivity index (χ1) is 9.83. The lowest BCUT2D eigenvalue weighted by atomic mass is 10.1. The van der Waals surface area contributed by atoms with Crippen molar-refractivity contribution in [2.75, 3.05) is 5.32 Å². The third kappa shape index (κ3) is 5.01. The molecule has 2 aromatic carbocycles. The van der Waals surface area contributed by atoms with Gasteiger partial charge in [-0.15, -0.1) is 0 Å². The summed E-state index contributed by atoms with van der Waals surface area (Å²) in [6.07, 6.45) is 0. The van der Waals surface area contributed by atoms with Gasteiger partial charge in [-0.1, -0.05) is 29.8 Å². The van der Waals surface area contributed by atoms with Crippen LogP contribution >= 0.6 is 11.8 Å². The fourth-order valence-electron chi connectivity index (χ4n) is 1.94. The van der Waals surface area contributed by atoms with Gasteiger partial charge in [0.05, 0.1) is 0 Å². The van der Waals surface area contributed by atoms with Gasteiger partial charge in [0.25, 0.3) is 0 Å². The molecule has 0 aliphatic carbocycles. The minimum Gasteiger partial charge on any atom is -0.379 e. The SMILES string of the molecule is Cc1ccc(C(C)Nc2ccc(SC(F)(F)F)cc2)cc1. The zero-order valence-electron chi connectivity index (χ0n) is 11.7. The lowest BCUT2D eigenvalue weighted by molar-refractivity contribution is -0.0328. The number of aryl methyl sites for hydroxylation is 1. The molecule has 0 bridgehead atoms. The van der Waals surface area contributed by atoms with E-state index in [1.54, 1.807) is 12.1 Å². The topological polar surface area (TPSA) is 12.0 Å². The van der Waals surface area contributed by atoms with Crippen molar-refractivity contribution in [1.29, 1.82) is 0 Å². The summed E-state index contributed by atoms with van der Waals surface area (Å²) in [4.78, 5) is 0.191. The molecule has 1 nitrogen and oxygen atoms in total. The Hall–Kier alpha value is -1.62. The van der Waals surface area contributed by atoms with E-state index in [4.69, 9.17) is 0 Å². The van der Waals surface area contributed by atoms with E-state index in [-0.39, 0.29) is 22.7 Å². The summed E-state index contributed by atoms with van der Waals surface area (Å²) >= 11 is -0.101. The summed E-state index contributed by atoms with van der Waals surface area (Å²) in [7, 11) is 0. The normalized spacial score (nSPS) is 13.0. The Labute approximate surface area is 126 Å². The number of thioether (sulfide) groups is 1. The highest BCUT2D eigenvalue weighted by atomic mass is 32.2. The summed E-state index contributed by atoms with van der Waals surface area (Å²) in [6.45, 7) is 4.04. The third-order valence-corrected chi connectivity index (χ3v) is 3.79. The smallest absolute Gasteiger partial charge is 0.379 e. The maximum atomic E-state index is 12.3. The van der Waals surface area contributed by atoms with Gasteiger partial charge in [0.1, 0.15) is 0 Å². The van der Waals surface area contributed by atoms with E-state index < -0.39 is 5.51 Å². The molecule has 2 aromatic rings. The molecular formula is C16H16F3NS. The number of hydrogen-bond acceptors (Lipinski definition) is 2. The molecule has 0 amide bonds. The summed E-state index contributed by atoms with van der Waals surface area (Å²) in [5, 5.41) is 3.28. The number of benzene rings is 2. The molecule has 112 valence electrons. The molecule has 1 unspecified atom stereocenters. The van der Waals surface area contributed by atoms with Crippen LogP contribution in [-0.2, 0) is 0 Å². The molecule has 0 saturated heterocycles. The van der Waals surface area contributed by atoms with E-state index in [0.717, 1.165) is 11.3 Å². The molecule has 0 aromatic heterocycles. The summed E-state index contributed by atoms with van der Waals surface area (Å²) in [6, 6.07) is 14.5. The maximum absolute atomic E-state index is 12.3. The number of alkyl halides is 3. The predicted octanol–water partition coefficient (Wildman–Crippen LogP) is 5.78. The van der Waals surface area contributed by atoms with Crippen LogP contribution in [0, 0.1) is 6.92 Å². The predicted molar refractivity (Wildman–Crippen MR) is 81.6 cm³/mol. The molecular weight excluding hydrogens is 295 g/mol. The van der Waals surface area contributed by atoms with Crippen molar-refractivity contribution in [2.24, 2.45) is 0 Å². The van der Waals surface area contributed by atoms with Crippen molar-refractivity contribution in [2.45, 2.75) is 30.3 Å². The van der Waals surface area contributed by atoms with Crippen molar-refractivity contribution in [3.8, 4) is 0 Å². The van der Waals surface area contributed by atoms with Crippen LogP contribution in [0.5, 0.6) is 0 Å². The molecule has 0 saturated carbocycles. The minimum atomic E-state index is -4.25. The van der Waals surface area contributed by atoms with E-state index in [2.05, 4.69) is 5.32 Å². The average molecular weight is 311 g/mol. The highest BCUT2D eigenvalue weighted by Gasteiger charge is 2.28. The van der Waals surface area contributed by atoms with Crippen LogP contribution in [0.2, 0.25) is 0 Å². The highest BCUT2D eigenvalue weighted by Crippen LogP contribution is 2.37. The van der Waals surface area contributed by atoms with Crippen molar-refractivity contribution in [3.63, 3.8) is 0 Å². The van der Waals surface area contributed by atoms with Gasteiger partial charge in [0.2, 0.25) is 0 Å². The average Bonchev–Trinajstić information content (AvgIpc) is 2.40. The van der Waals surface area contributed by atoms with Crippen molar-refractivity contribution in [1.82, 2.24) is 0 Å². The number of halogens is 3. The summed E-state index contributed by atoms with van der Waals surface area (Å²) in [5.74, 6) is 0. The summed E-state index contributed by atoms with van der Waals surface area (Å²) in [5.41, 5.74) is -1.12. The van der Waals surface area contributed by atoms with E-state index in [9.17, 15) is 13.2 Å².